The summed E-state index contributed by atoms with van der Waals surface area (Å²) in [6.45, 7) is 0.0685. The van der Waals surface area contributed by atoms with Crippen LogP contribution in [0.4, 0.5) is 5.13 Å². The van der Waals surface area contributed by atoms with Crippen LogP contribution in [0.2, 0.25) is 0 Å². The summed E-state index contributed by atoms with van der Waals surface area (Å²) in [4.78, 5) is 16.6. The van der Waals surface area contributed by atoms with E-state index in [0.717, 1.165) is 21.5 Å². The number of aromatic nitrogens is 4. The second kappa shape index (κ2) is 6.93. The Bertz CT molecular complexity index is 1020. The van der Waals surface area contributed by atoms with Gasteiger partial charge in [-0.2, -0.15) is 0 Å². The summed E-state index contributed by atoms with van der Waals surface area (Å²) in [5.74, 6) is 0.576. The van der Waals surface area contributed by atoms with Gasteiger partial charge in [0.2, 0.25) is 5.91 Å². The van der Waals surface area contributed by atoms with Crippen LogP contribution in [0, 0.1) is 0 Å². The Labute approximate surface area is 153 Å². The van der Waals surface area contributed by atoms with Crippen LogP contribution in [0.15, 0.2) is 54.7 Å². The number of methoxy groups -OCH3 is 1. The van der Waals surface area contributed by atoms with Gasteiger partial charge in [-0.3, -0.25) is 4.79 Å². The number of carbonyl (C=O) groups is 1. The number of thiazole rings is 1. The van der Waals surface area contributed by atoms with Gasteiger partial charge in [-0.15, -0.1) is 5.10 Å². The number of rotatable bonds is 5. The normalized spacial score (nSPS) is 10.8. The van der Waals surface area contributed by atoms with E-state index >= 15 is 0 Å². The van der Waals surface area contributed by atoms with Gasteiger partial charge in [-0.25, -0.2) is 9.67 Å². The van der Waals surface area contributed by atoms with Gasteiger partial charge in [0, 0.05) is 5.56 Å². The Morgan fingerprint density at radius 2 is 2.00 bits per heavy atom. The van der Waals surface area contributed by atoms with Gasteiger partial charge in [0.05, 0.1) is 23.5 Å². The van der Waals surface area contributed by atoms with Crippen LogP contribution in [0.1, 0.15) is 0 Å². The molecule has 0 spiro atoms. The quantitative estimate of drug-likeness (QED) is 0.587. The first-order valence-corrected chi connectivity index (χ1v) is 8.73. The van der Waals surface area contributed by atoms with Crippen LogP contribution in [-0.4, -0.2) is 33.0 Å². The molecule has 0 aliphatic rings. The first-order valence-electron chi connectivity index (χ1n) is 7.91. The van der Waals surface area contributed by atoms with Crippen LogP contribution in [0.3, 0.4) is 0 Å². The minimum absolute atomic E-state index is 0.0685. The van der Waals surface area contributed by atoms with Crippen LogP contribution >= 0.6 is 11.3 Å². The zero-order chi connectivity index (χ0) is 17.9. The van der Waals surface area contributed by atoms with Crippen molar-refractivity contribution in [2.45, 2.75) is 6.54 Å². The van der Waals surface area contributed by atoms with E-state index in [0.29, 0.717) is 10.8 Å². The fourth-order valence-electron chi connectivity index (χ4n) is 2.50. The highest BCUT2D eigenvalue weighted by Gasteiger charge is 2.10. The predicted molar refractivity (Wildman–Crippen MR) is 100 cm³/mol. The summed E-state index contributed by atoms with van der Waals surface area (Å²) >= 11 is 1.44. The average molecular weight is 365 g/mol. The molecule has 7 nitrogen and oxygen atoms in total. The number of hydrogen-bond acceptors (Lipinski definition) is 6. The number of benzene rings is 2. The highest BCUT2D eigenvalue weighted by molar-refractivity contribution is 7.22. The maximum absolute atomic E-state index is 12.2. The number of para-hydroxylation sites is 1. The highest BCUT2D eigenvalue weighted by atomic mass is 32.1. The molecule has 4 rings (SSSR count). The molecule has 0 fully saturated rings. The van der Waals surface area contributed by atoms with Crippen molar-refractivity contribution in [2.75, 3.05) is 12.4 Å². The smallest absolute Gasteiger partial charge is 0.247 e. The third kappa shape index (κ3) is 3.40. The van der Waals surface area contributed by atoms with Crippen LogP contribution in [-0.2, 0) is 11.3 Å². The number of anilines is 1. The number of nitrogens with one attached hydrogen (secondary N) is 1. The van der Waals surface area contributed by atoms with Crippen molar-refractivity contribution in [3.63, 3.8) is 0 Å². The van der Waals surface area contributed by atoms with Crippen molar-refractivity contribution >= 4 is 32.6 Å². The minimum Gasteiger partial charge on any atom is -0.497 e. The van der Waals surface area contributed by atoms with Gasteiger partial charge in [0.15, 0.2) is 5.13 Å². The second-order valence-corrected chi connectivity index (χ2v) is 6.60. The highest BCUT2D eigenvalue weighted by Crippen LogP contribution is 2.25. The molecule has 2 aromatic heterocycles. The summed E-state index contributed by atoms with van der Waals surface area (Å²) in [7, 11) is 1.62. The largest absolute Gasteiger partial charge is 0.497 e. The van der Waals surface area contributed by atoms with Gasteiger partial charge in [0.1, 0.15) is 18.0 Å². The van der Waals surface area contributed by atoms with Gasteiger partial charge >= 0.3 is 0 Å². The molecular formula is C18H15N5O2S. The van der Waals surface area contributed by atoms with Crippen molar-refractivity contribution in [3.05, 3.63) is 54.7 Å². The van der Waals surface area contributed by atoms with E-state index in [1.54, 1.807) is 13.3 Å². The molecule has 0 saturated heterocycles. The number of nitrogens with zero attached hydrogens (tertiary/aromatic N) is 4. The van der Waals surface area contributed by atoms with Gasteiger partial charge in [-0.1, -0.05) is 28.7 Å². The van der Waals surface area contributed by atoms with E-state index < -0.39 is 0 Å². The van der Waals surface area contributed by atoms with Crippen LogP contribution < -0.4 is 10.1 Å². The Balaban J connectivity index is 1.43. The maximum Gasteiger partial charge on any atom is 0.247 e. The lowest BCUT2D eigenvalue weighted by atomic mass is 10.2. The second-order valence-electron chi connectivity index (χ2n) is 5.56. The molecule has 0 unspecified atom stereocenters. The third-order valence-corrected chi connectivity index (χ3v) is 4.72. The zero-order valence-corrected chi connectivity index (χ0v) is 14.7. The van der Waals surface area contributed by atoms with Gasteiger partial charge < -0.3 is 10.1 Å². The Morgan fingerprint density at radius 3 is 2.77 bits per heavy atom. The van der Waals surface area contributed by atoms with E-state index in [1.807, 2.05) is 48.5 Å². The predicted octanol–water partition coefficient (Wildman–Crippen LogP) is 3.20. The first kappa shape index (κ1) is 16.2. The molecule has 2 aromatic carbocycles. The summed E-state index contributed by atoms with van der Waals surface area (Å²) in [6, 6.07) is 15.3. The molecule has 0 aliphatic carbocycles. The minimum atomic E-state index is -0.199. The average Bonchev–Trinajstić information content (AvgIpc) is 3.28. The van der Waals surface area contributed by atoms with Crippen molar-refractivity contribution in [1.82, 2.24) is 20.0 Å². The summed E-state index contributed by atoms with van der Waals surface area (Å²) in [5, 5.41) is 11.5. The van der Waals surface area contributed by atoms with E-state index in [1.165, 1.54) is 16.0 Å². The van der Waals surface area contributed by atoms with E-state index in [9.17, 15) is 4.79 Å². The summed E-state index contributed by atoms with van der Waals surface area (Å²) in [5.41, 5.74) is 2.47. The molecular weight excluding hydrogens is 350 g/mol. The molecule has 8 heteroatoms. The number of carbonyl (C=O) groups excluding carboxylic acids is 1. The van der Waals surface area contributed by atoms with E-state index in [-0.39, 0.29) is 12.5 Å². The molecule has 0 aliphatic heterocycles. The molecule has 1 N–H and O–H groups in total. The Morgan fingerprint density at radius 1 is 1.19 bits per heavy atom. The van der Waals surface area contributed by atoms with Crippen molar-refractivity contribution in [3.8, 4) is 17.0 Å². The van der Waals surface area contributed by atoms with E-state index in [4.69, 9.17) is 4.74 Å². The first-order chi connectivity index (χ1) is 12.7. The third-order valence-electron chi connectivity index (χ3n) is 3.77. The van der Waals surface area contributed by atoms with Gasteiger partial charge in [-0.05, 0) is 36.4 Å². The number of amides is 1. The molecule has 0 saturated carbocycles. The molecule has 0 radical (unpaired) electrons. The Hall–Kier alpha value is -3.26. The number of ether oxygens (including phenoxy) is 1. The van der Waals surface area contributed by atoms with Gasteiger partial charge in [0.25, 0.3) is 0 Å². The molecule has 4 aromatic rings. The monoisotopic (exact) mass is 365 g/mol. The molecule has 1 amide bonds. The van der Waals surface area contributed by atoms with Crippen molar-refractivity contribution in [1.29, 1.82) is 0 Å². The van der Waals surface area contributed by atoms with Crippen molar-refractivity contribution < 1.29 is 9.53 Å². The number of hydrogen-bond donors (Lipinski definition) is 1. The summed E-state index contributed by atoms with van der Waals surface area (Å²) in [6.07, 6.45) is 1.74. The summed E-state index contributed by atoms with van der Waals surface area (Å²) < 4.78 is 7.68. The molecule has 0 atom stereocenters. The molecule has 130 valence electrons. The fraction of sp³-hybridized carbons (Fsp3) is 0.111. The van der Waals surface area contributed by atoms with Crippen molar-refractivity contribution in [2.24, 2.45) is 0 Å². The fourth-order valence-corrected chi connectivity index (χ4v) is 3.38. The topological polar surface area (TPSA) is 81.9 Å². The molecule has 0 bridgehead atoms. The SMILES string of the molecule is COc1ccc(-c2cn(CC(=O)Nc3nc4ccccc4s3)nn2)cc1. The lowest BCUT2D eigenvalue weighted by Crippen LogP contribution is -2.19. The lowest BCUT2D eigenvalue weighted by molar-refractivity contribution is -0.116. The number of fused-ring (bicyclic) bond motifs is 1. The standard InChI is InChI=1S/C18H15N5O2S/c1-25-13-8-6-12(7-9-13)15-10-23(22-21-15)11-17(24)20-18-19-14-4-2-3-5-16(14)26-18/h2-10H,11H2,1H3,(H,19,20,24). The molecule has 2 heterocycles. The lowest BCUT2D eigenvalue weighted by Gasteiger charge is -2.01. The maximum atomic E-state index is 12.2. The van der Waals surface area contributed by atoms with Crippen LogP contribution in [0.25, 0.3) is 21.5 Å². The zero-order valence-electron chi connectivity index (χ0n) is 13.9. The molecule has 26 heavy (non-hydrogen) atoms. The van der Waals surface area contributed by atoms with E-state index in [2.05, 4.69) is 20.6 Å². The Kier molecular flexibility index (Phi) is 4.32. The van der Waals surface area contributed by atoms with Crippen LogP contribution in [0.5, 0.6) is 5.75 Å².